The van der Waals surface area contributed by atoms with Crippen molar-refractivity contribution in [2.45, 2.75) is 25.7 Å². The summed E-state index contributed by atoms with van der Waals surface area (Å²) < 4.78 is 0. The van der Waals surface area contributed by atoms with Crippen LogP contribution in [-0.2, 0) is 6.42 Å². The van der Waals surface area contributed by atoms with Gasteiger partial charge in [-0.25, -0.2) is 0 Å². The number of aryl methyl sites for hydroxylation is 1. The zero-order chi connectivity index (χ0) is 7.14. The lowest BCUT2D eigenvalue weighted by Crippen LogP contribution is -1.92. The van der Waals surface area contributed by atoms with E-state index in [0.717, 1.165) is 6.42 Å². The fourth-order valence-electron chi connectivity index (χ4n) is 1.65. The maximum absolute atomic E-state index is 5.64. The molecule has 0 fully saturated rings. The molecule has 1 aliphatic rings. The van der Waals surface area contributed by atoms with E-state index >= 15 is 0 Å². The minimum atomic E-state index is 0.605. The van der Waals surface area contributed by atoms with Gasteiger partial charge < -0.3 is 5.73 Å². The third-order valence-electron chi connectivity index (χ3n) is 2.23. The van der Waals surface area contributed by atoms with Crippen molar-refractivity contribution in [3.05, 3.63) is 11.3 Å². The normalized spacial score (nSPS) is 23.1. The average molecular weight is 137 g/mol. The number of nitrogens with two attached hydrogens (primary N) is 1. The van der Waals surface area contributed by atoms with Gasteiger partial charge in [0.2, 0.25) is 0 Å². The maximum atomic E-state index is 5.64. The van der Waals surface area contributed by atoms with Gasteiger partial charge >= 0.3 is 0 Å². The second-order valence-electron chi connectivity index (χ2n) is 2.94. The second-order valence-corrected chi connectivity index (χ2v) is 2.94. The molecule has 0 saturated carbocycles. The summed E-state index contributed by atoms with van der Waals surface area (Å²) >= 11 is 0. The van der Waals surface area contributed by atoms with E-state index in [1.54, 1.807) is 0 Å². The van der Waals surface area contributed by atoms with Crippen LogP contribution in [0.5, 0.6) is 0 Å². The maximum Gasteiger partial charge on any atom is 0.148 e. The molecule has 0 unspecified atom stereocenters. The number of aromatic amines is 1. The number of H-pyrrole nitrogens is 1. The quantitative estimate of drug-likeness (QED) is 0.561. The van der Waals surface area contributed by atoms with E-state index in [1.807, 2.05) is 0 Å². The number of hydrogen-bond acceptors (Lipinski definition) is 2. The van der Waals surface area contributed by atoms with Gasteiger partial charge in [-0.3, -0.25) is 5.10 Å². The molecule has 0 radical (unpaired) electrons. The van der Waals surface area contributed by atoms with Crippen molar-refractivity contribution in [1.82, 2.24) is 10.2 Å². The second kappa shape index (κ2) is 1.75. The van der Waals surface area contributed by atoms with Gasteiger partial charge in [0.15, 0.2) is 0 Å². The van der Waals surface area contributed by atoms with E-state index < -0.39 is 0 Å². The molecule has 3 heteroatoms. The summed E-state index contributed by atoms with van der Waals surface area (Å²) in [6.07, 6.45) is 2.33. The van der Waals surface area contributed by atoms with Crippen molar-refractivity contribution in [2.75, 3.05) is 5.73 Å². The summed E-state index contributed by atoms with van der Waals surface area (Å²) in [6, 6.07) is 0. The molecular weight excluding hydrogens is 126 g/mol. The van der Waals surface area contributed by atoms with Crippen LogP contribution < -0.4 is 5.73 Å². The molecule has 1 aromatic rings. The predicted octanol–water partition coefficient (Wildman–Crippen LogP) is 1.04. The number of hydrogen-bond donors (Lipinski definition) is 2. The Kier molecular flexibility index (Phi) is 1.01. The number of aromatic nitrogens is 2. The first-order valence-corrected chi connectivity index (χ1v) is 3.61. The summed E-state index contributed by atoms with van der Waals surface area (Å²) in [7, 11) is 0. The van der Waals surface area contributed by atoms with Crippen LogP contribution in [-0.4, -0.2) is 10.2 Å². The van der Waals surface area contributed by atoms with E-state index in [9.17, 15) is 0 Å². The molecular formula is C7H11N3. The van der Waals surface area contributed by atoms with Crippen molar-refractivity contribution in [2.24, 2.45) is 0 Å². The van der Waals surface area contributed by atoms with Gasteiger partial charge in [-0.15, -0.1) is 0 Å². The first kappa shape index (κ1) is 5.77. The van der Waals surface area contributed by atoms with Crippen LogP contribution in [0, 0.1) is 0 Å². The van der Waals surface area contributed by atoms with Gasteiger partial charge in [0, 0.05) is 11.3 Å². The molecule has 0 aliphatic heterocycles. The molecule has 10 heavy (non-hydrogen) atoms. The molecule has 1 atom stereocenters. The first-order valence-electron chi connectivity index (χ1n) is 3.61. The summed E-state index contributed by atoms with van der Waals surface area (Å²) in [5.74, 6) is 1.30. The predicted molar refractivity (Wildman–Crippen MR) is 39.7 cm³/mol. The number of nitrogen functional groups attached to an aromatic ring is 1. The molecule has 0 aromatic carbocycles. The lowest BCUT2D eigenvalue weighted by atomic mass is 10.1. The van der Waals surface area contributed by atoms with Gasteiger partial charge in [0.1, 0.15) is 5.82 Å². The zero-order valence-electron chi connectivity index (χ0n) is 6.02. The zero-order valence-corrected chi connectivity index (χ0v) is 6.02. The largest absolute Gasteiger partial charge is 0.382 e. The monoisotopic (exact) mass is 137 g/mol. The third kappa shape index (κ3) is 0.574. The van der Waals surface area contributed by atoms with Gasteiger partial charge in [0.05, 0.1) is 0 Å². The van der Waals surface area contributed by atoms with Gasteiger partial charge in [-0.2, -0.15) is 5.10 Å². The van der Waals surface area contributed by atoms with Crippen LogP contribution in [0.15, 0.2) is 0 Å². The molecule has 2 rings (SSSR count). The topological polar surface area (TPSA) is 54.7 Å². The smallest absolute Gasteiger partial charge is 0.148 e. The lowest BCUT2D eigenvalue weighted by Gasteiger charge is -1.98. The van der Waals surface area contributed by atoms with E-state index in [-0.39, 0.29) is 0 Å². The van der Waals surface area contributed by atoms with Crippen molar-refractivity contribution in [1.29, 1.82) is 0 Å². The molecule has 1 aliphatic carbocycles. The SMILES string of the molecule is C[C@@H]1CCc2[nH]nc(N)c21. The van der Waals surface area contributed by atoms with E-state index in [0.29, 0.717) is 11.7 Å². The van der Waals surface area contributed by atoms with Crippen molar-refractivity contribution in [3.63, 3.8) is 0 Å². The minimum absolute atomic E-state index is 0.605. The molecule has 1 heterocycles. The Morgan fingerprint density at radius 1 is 1.70 bits per heavy atom. The lowest BCUT2D eigenvalue weighted by molar-refractivity contribution is 0.737. The summed E-state index contributed by atoms with van der Waals surface area (Å²) in [5, 5.41) is 6.88. The molecule has 54 valence electrons. The first-order chi connectivity index (χ1) is 4.79. The standard InChI is InChI=1S/C7H11N3/c1-4-2-3-5-6(4)7(8)10-9-5/h4H,2-3H2,1H3,(H3,8,9,10)/t4-/m1/s1. The van der Waals surface area contributed by atoms with Crippen LogP contribution in [0.3, 0.4) is 0 Å². The van der Waals surface area contributed by atoms with Crippen molar-refractivity contribution < 1.29 is 0 Å². The average Bonchev–Trinajstić information content (AvgIpc) is 2.40. The summed E-state index contributed by atoms with van der Waals surface area (Å²) in [6.45, 7) is 2.19. The van der Waals surface area contributed by atoms with Crippen LogP contribution in [0.2, 0.25) is 0 Å². The molecule has 0 bridgehead atoms. The molecule has 0 saturated heterocycles. The highest BCUT2D eigenvalue weighted by Gasteiger charge is 2.23. The highest BCUT2D eigenvalue weighted by Crippen LogP contribution is 2.34. The fraction of sp³-hybridized carbons (Fsp3) is 0.571. The molecule has 1 aromatic heterocycles. The Hall–Kier alpha value is -0.990. The van der Waals surface area contributed by atoms with Gasteiger partial charge in [-0.1, -0.05) is 6.92 Å². The van der Waals surface area contributed by atoms with Crippen LogP contribution >= 0.6 is 0 Å². The van der Waals surface area contributed by atoms with Crippen molar-refractivity contribution >= 4 is 5.82 Å². The van der Waals surface area contributed by atoms with Crippen LogP contribution in [0.1, 0.15) is 30.5 Å². The Bertz CT molecular complexity index is 251. The molecule has 0 amide bonds. The molecule has 3 nitrogen and oxygen atoms in total. The Morgan fingerprint density at radius 3 is 3.20 bits per heavy atom. The number of rotatable bonds is 0. The highest BCUT2D eigenvalue weighted by atomic mass is 15.2. The summed E-state index contributed by atoms with van der Waals surface area (Å²) in [4.78, 5) is 0. The Labute approximate surface area is 59.6 Å². The Balaban J connectivity index is 2.54. The summed E-state index contributed by atoms with van der Waals surface area (Å²) in [5.41, 5.74) is 8.13. The number of fused-ring (bicyclic) bond motifs is 1. The van der Waals surface area contributed by atoms with E-state index in [4.69, 9.17) is 5.73 Å². The molecule has 0 spiro atoms. The molecule has 3 N–H and O–H groups in total. The van der Waals surface area contributed by atoms with E-state index in [1.165, 1.54) is 17.7 Å². The van der Waals surface area contributed by atoms with Crippen LogP contribution in [0.25, 0.3) is 0 Å². The van der Waals surface area contributed by atoms with Gasteiger partial charge in [-0.05, 0) is 18.8 Å². The minimum Gasteiger partial charge on any atom is -0.382 e. The Morgan fingerprint density at radius 2 is 2.50 bits per heavy atom. The van der Waals surface area contributed by atoms with Gasteiger partial charge in [0.25, 0.3) is 0 Å². The van der Waals surface area contributed by atoms with E-state index in [2.05, 4.69) is 17.1 Å². The number of nitrogens with zero attached hydrogens (tertiary/aromatic N) is 1. The third-order valence-corrected chi connectivity index (χ3v) is 2.23. The van der Waals surface area contributed by atoms with Crippen LogP contribution in [0.4, 0.5) is 5.82 Å². The number of nitrogens with one attached hydrogen (secondary N) is 1. The highest BCUT2D eigenvalue weighted by molar-refractivity contribution is 5.46. The van der Waals surface area contributed by atoms with Crippen molar-refractivity contribution in [3.8, 4) is 0 Å². The number of anilines is 1. The fourth-order valence-corrected chi connectivity index (χ4v) is 1.65.